The predicted molar refractivity (Wildman–Crippen MR) is 74.9 cm³/mol. The van der Waals surface area contributed by atoms with Gasteiger partial charge in [-0.05, 0) is 18.6 Å². The van der Waals surface area contributed by atoms with Crippen LogP contribution in [-0.4, -0.2) is 52.7 Å². The van der Waals surface area contributed by atoms with Gasteiger partial charge in [-0.15, -0.1) is 0 Å². The molecule has 1 aromatic rings. The molecule has 0 N–H and O–H groups in total. The maximum Gasteiger partial charge on any atom is 0.341 e. The molecule has 0 aliphatic rings. The van der Waals surface area contributed by atoms with E-state index in [1.807, 2.05) is 0 Å². The van der Waals surface area contributed by atoms with Crippen LogP contribution in [0, 0.1) is 12.7 Å². The fourth-order valence-electron chi connectivity index (χ4n) is 1.54. The van der Waals surface area contributed by atoms with Crippen LogP contribution in [0.5, 0.6) is 0 Å². The molecular formula is C15H21FO5. The second-order valence-corrected chi connectivity index (χ2v) is 4.29. The van der Waals surface area contributed by atoms with Crippen LogP contribution in [-0.2, 0) is 18.9 Å². The molecule has 1 aromatic carbocycles. The van der Waals surface area contributed by atoms with Gasteiger partial charge in [-0.2, -0.15) is 0 Å². The molecule has 5 nitrogen and oxygen atoms in total. The fourth-order valence-corrected chi connectivity index (χ4v) is 1.54. The lowest BCUT2D eigenvalue weighted by molar-refractivity contribution is 0.00554. The number of benzene rings is 1. The summed E-state index contributed by atoms with van der Waals surface area (Å²) in [4.78, 5) is 11.7. The molecule has 0 fully saturated rings. The SMILES string of the molecule is COCCOCCOCCOC(=O)c1cccc(C)c1F. The molecule has 0 saturated carbocycles. The summed E-state index contributed by atoms with van der Waals surface area (Å²) in [5.74, 6) is -1.23. The van der Waals surface area contributed by atoms with E-state index in [9.17, 15) is 9.18 Å². The Hall–Kier alpha value is -1.50. The quantitative estimate of drug-likeness (QED) is 0.488. The Bertz CT molecular complexity index is 436. The number of hydrogen-bond donors (Lipinski definition) is 0. The number of esters is 1. The third-order valence-corrected chi connectivity index (χ3v) is 2.68. The number of hydrogen-bond acceptors (Lipinski definition) is 5. The highest BCUT2D eigenvalue weighted by atomic mass is 19.1. The van der Waals surface area contributed by atoms with Crippen molar-refractivity contribution < 1.29 is 28.1 Å². The van der Waals surface area contributed by atoms with Gasteiger partial charge in [-0.3, -0.25) is 0 Å². The molecule has 0 amide bonds. The summed E-state index contributed by atoms with van der Waals surface area (Å²) in [6, 6.07) is 4.61. The lowest BCUT2D eigenvalue weighted by atomic mass is 10.1. The predicted octanol–water partition coefficient (Wildman–Crippen LogP) is 1.97. The van der Waals surface area contributed by atoms with Gasteiger partial charge in [-0.25, -0.2) is 9.18 Å². The van der Waals surface area contributed by atoms with Crippen molar-refractivity contribution in [3.63, 3.8) is 0 Å². The van der Waals surface area contributed by atoms with Crippen molar-refractivity contribution >= 4 is 5.97 Å². The lowest BCUT2D eigenvalue weighted by Crippen LogP contribution is -2.14. The highest BCUT2D eigenvalue weighted by Gasteiger charge is 2.14. The number of methoxy groups -OCH3 is 1. The van der Waals surface area contributed by atoms with Crippen LogP contribution in [0.4, 0.5) is 4.39 Å². The van der Waals surface area contributed by atoms with E-state index in [4.69, 9.17) is 18.9 Å². The Morgan fingerprint density at radius 1 is 1.05 bits per heavy atom. The van der Waals surface area contributed by atoms with Crippen LogP contribution < -0.4 is 0 Å². The van der Waals surface area contributed by atoms with E-state index in [1.165, 1.54) is 6.07 Å². The minimum atomic E-state index is -0.684. The molecule has 0 heterocycles. The van der Waals surface area contributed by atoms with E-state index in [0.29, 0.717) is 32.0 Å². The minimum Gasteiger partial charge on any atom is -0.460 e. The summed E-state index contributed by atoms with van der Waals surface area (Å²) in [6.45, 7) is 3.82. The smallest absolute Gasteiger partial charge is 0.341 e. The third-order valence-electron chi connectivity index (χ3n) is 2.68. The second kappa shape index (κ2) is 10.3. The van der Waals surface area contributed by atoms with Gasteiger partial charge >= 0.3 is 5.97 Å². The number of halogens is 1. The molecule has 0 unspecified atom stereocenters. The first-order valence-electron chi connectivity index (χ1n) is 6.73. The van der Waals surface area contributed by atoms with Crippen LogP contribution in [0.1, 0.15) is 15.9 Å². The van der Waals surface area contributed by atoms with Crippen molar-refractivity contribution in [1.29, 1.82) is 0 Å². The zero-order valence-corrected chi connectivity index (χ0v) is 12.4. The molecule has 0 aliphatic carbocycles. The van der Waals surface area contributed by atoms with Gasteiger partial charge in [-0.1, -0.05) is 12.1 Å². The van der Waals surface area contributed by atoms with Crippen molar-refractivity contribution in [1.82, 2.24) is 0 Å². The van der Waals surface area contributed by atoms with Crippen LogP contribution >= 0.6 is 0 Å². The van der Waals surface area contributed by atoms with E-state index < -0.39 is 11.8 Å². The second-order valence-electron chi connectivity index (χ2n) is 4.29. The summed E-state index contributed by atoms with van der Waals surface area (Å²) in [5, 5.41) is 0. The zero-order chi connectivity index (χ0) is 15.5. The zero-order valence-electron chi connectivity index (χ0n) is 12.4. The van der Waals surface area contributed by atoms with E-state index in [1.54, 1.807) is 26.2 Å². The van der Waals surface area contributed by atoms with Crippen molar-refractivity contribution in [2.24, 2.45) is 0 Å². The van der Waals surface area contributed by atoms with Crippen molar-refractivity contribution in [3.05, 3.63) is 35.1 Å². The van der Waals surface area contributed by atoms with Gasteiger partial charge in [0.05, 0.1) is 38.6 Å². The summed E-state index contributed by atoms with van der Waals surface area (Å²) < 4.78 is 33.8. The van der Waals surface area contributed by atoms with Gasteiger partial charge in [0.25, 0.3) is 0 Å². The molecule has 0 bridgehead atoms. The topological polar surface area (TPSA) is 54.0 Å². The molecule has 0 aromatic heterocycles. The monoisotopic (exact) mass is 300 g/mol. The first kappa shape index (κ1) is 17.6. The number of carbonyl (C=O) groups is 1. The Morgan fingerprint density at radius 2 is 1.67 bits per heavy atom. The molecule has 1 rings (SSSR count). The van der Waals surface area contributed by atoms with Gasteiger partial charge in [0, 0.05) is 7.11 Å². The minimum absolute atomic E-state index is 0.0575. The third kappa shape index (κ3) is 6.66. The number of ether oxygens (including phenoxy) is 4. The van der Waals surface area contributed by atoms with Crippen LogP contribution in [0.15, 0.2) is 18.2 Å². The molecule has 118 valence electrons. The Labute approximate surface area is 123 Å². The average Bonchev–Trinajstić information content (AvgIpc) is 2.48. The molecule has 0 spiro atoms. The molecule has 6 heteroatoms. The standard InChI is InChI=1S/C15H21FO5/c1-12-4-3-5-13(14(12)16)15(17)21-11-10-20-9-8-19-7-6-18-2/h3-5H,6-11H2,1-2H3. The first-order chi connectivity index (χ1) is 10.2. The lowest BCUT2D eigenvalue weighted by Gasteiger charge is -2.08. The van der Waals surface area contributed by atoms with E-state index >= 15 is 0 Å². The van der Waals surface area contributed by atoms with Gasteiger partial charge in [0.15, 0.2) is 0 Å². The number of aryl methyl sites for hydroxylation is 1. The molecule has 0 atom stereocenters. The molecular weight excluding hydrogens is 279 g/mol. The van der Waals surface area contributed by atoms with Crippen LogP contribution in [0.2, 0.25) is 0 Å². The van der Waals surface area contributed by atoms with Crippen molar-refractivity contribution in [2.45, 2.75) is 6.92 Å². The van der Waals surface area contributed by atoms with Crippen molar-refractivity contribution in [2.75, 3.05) is 46.8 Å². The highest BCUT2D eigenvalue weighted by Crippen LogP contribution is 2.12. The molecule has 0 aliphatic heterocycles. The van der Waals surface area contributed by atoms with Crippen LogP contribution in [0.25, 0.3) is 0 Å². The van der Waals surface area contributed by atoms with Crippen LogP contribution in [0.3, 0.4) is 0 Å². The first-order valence-corrected chi connectivity index (χ1v) is 6.73. The summed E-state index contributed by atoms with van der Waals surface area (Å²) in [7, 11) is 1.60. The average molecular weight is 300 g/mol. The largest absolute Gasteiger partial charge is 0.460 e. The van der Waals surface area contributed by atoms with E-state index in [-0.39, 0.29) is 18.8 Å². The Morgan fingerprint density at radius 3 is 2.33 bits per heavy atom. The molecule has 0 saturated heterocycles. The Balaban J connectivity index is 2.13. The summed E-state index contributed by atoms with van der Waals surface area (Å²) >= 11 is 0. The van der Waals surface area contributed by atoms with E-state index in [0.717, 1.165) is 0 Å². The van der Waals surface area contributed by atoms with Crippen molar-refractivity contribution in [3.8, 4) is 0 Å². The molecule has 0 radical (unpaired) electrons. The molecule has 21 heavy (non-hydrogen) atoms. The number of carbonyl (C=O) groups excluding carboxylic acids is 1. The van der Waals surface area contributed by atoms with Gasteiger partial charge < -0.3 is 18.9 Å². The maximum atomic E-state index is 13.7. The Kier molecular flexibility index (Phi) is 8.57. The van der Waals surface area contributed by atoms with E-state index in [2.05, 4.69) is 0 Å². The highest BCUT2D eigenvalue weighted by molar-refractivity contribution is 5.89. The fraction of sp³-hybridized carbons (Fsp3) is 0.533. The summed E-state index contributed by atoms with van der Waals surface area (Å²) in [6.07, 6.45) is 0. The summed E-state index contributed by atoms with van der Waals surface area (Å²) in [5.41, 5.74) is 0.354. The van der Waals surface area contributed by atoms with Gasteiger partial charge in [0.1, 0.15) is 12.4 Å². The van der Waals surface area contributed by atoms with Gasteiger partial charge in [0.2, 0.25) is 0 Å². The maximum absolute atomic E-state index is 13.7. The normalized spacial score (nSPS) is 10.6. The number of rotatable bonds is 10.